The molecule has 1 unspecified atom stereocenters. The van der Waals surface area contributed by atoms with Gasteiger partial charge in [0.1, 0.15) is 0 Å². The van der Waals surface area contributed by atoms with Crippen molar-refractivity contribution in [2.75, 3.05) is 39.5 Å². The Balaban J connectivity index is 1.77. The Labute approximate surface area is 128 Å². The predicted molar refractivity (Wildman–Crippen MR) is 82.2 cm³/mol. The third-order valence-corrected chi connectivity index (χ3v) is 5.09. The number of nitrogens with zero attached hydrogens (tertiary/aromatic N) is 1. The minimum Gasteiger partial charge on any atom is -0.396 e. The zero-order valence-electron chi connectivity index (χ0n) is 13.3. The minimum absolute atomic E-state index is 0.0358. The zero-order valence-corrected chi connectivity index (χ0v) is 13.3. The molecule has 21 heavy (non-hydrogen) atoms. The van der Waals surface area contributed by atoms with Crippen molar-refractivity contribution in [2.24, 2.45) is 11.3 Å². The van der Waals surface area contributed by atoms with E-state index in [4.69, 9.17) is 9.84 Å². The molecule has 2 rings (SSSR count). The van der Waals surface area contributed by atoms with Crippen molar-refractivity contribution < 1.29 is 14.6 Å². The largest absolute Gasteiger partial charge is 0.396 e. The Morgan fingerprint density at radius 2 is 2.19 bits per heavy atom. The lowest BCUT2D eigenvalue weighted by Crippen LogP contribution is -2.43. The van der Waals surface area contributed by atoms with Crippen molar-refractivity contribution in [2.45, 2.75) is 45.4 Å². The molecule has 0 aromatic rings. The number of likely N-dealkylation sites (tertiary alicyclic amines) is 1. The van der Waals surface area contributed by atoms with E-state index in [2.05, 4.69) is 5.32 Å². The Morgan fingerprint density at radius 3 is 2.81 bits per heavy atom. The summed E-state index contributed by atoms with van der Waals surface area (Å²) < 4.78 is 5.50. The van der Waals surface area contributed by atoms with Crippen LogP contribution in [0.5, 0.6) is 0 Å². The normalized spacial score (nSPS) is 24.5. The molecule has 122 valence electrons. The first-order valence-electron chi connectivity index (χ1n) is 8.40. The van der Waals surface area contributed by atoms with Gasteiger partial charge >= 0.3 is 6.03 Å². The Morgan fingerprint density at radius 1 is 1.43 bits per heavy atom. The molecular weight excluding hydrogens is 268 g/mol. The summed E-state index contributed by atoms with van der Waals surface area (Å²) in [4.78, 5) is 14.1. The topological polar surface area (TPSA) is 61.8 Å². The maximum atomic E-state index is 12.2. The maximum Gasteiger partial charge on any atom is 0.317 e. The molecule has 1 saturated heterocycles. The number of aliphatic hydroxyl groups is 1. The van der Waals surface area contributed by atoms with Crippen LogP contribution in [0, 0.1) is 11.3 Å². The van der Waals surface area contributed by atoms with Crippen LogP contribution in [0.15, 0.2) is 0 Å². The molecule has 0 bridgehead atoms. The maximum absolute atomic E-state index is 12.2. The summed E-state index contributed by atoms with van der Waals surface area (Å²) in [6.45, 7) is 5.98. The van der Waals surface area contributed by atoms with Crippen LogP contribution < -0.4 is 5.32 Å². The Kier molecular flexibility index (Phi) is 6.30. The summed E-state index contributed by atoms with van der Waals surface area (Å²) in [5, 5.41) is 12.3. The van der Waals surface area contributed by atoms with Gasteiger partial charge in [0.25, 0.3) is 0 Å². The number of aliphatic hydroxyl groups excluding tert-OH is 1. The minimum atomic E-state index is 0.0358. The number of nitrogens with one attached hydrogen (secondary N) is 1. The van der Waals surface area contributed by atoms with Crippen LogP contribution >= 0.6 is 0 Å². The van der Waals surface area contributed by atoms with Gasteiger partial charge in [-0.25, -0.2) is 4.79 Å². The second-order valence-corrected chi connectivity index (χ2v) is 6.60. The third kappa shape index (κ3) is 4.58. The number of amides is 2. The van der Waals surface area contributed by atoms with Gasteiger partial charge in [0.2, 0.25) is 0 Å². The van der Waals surface area contributed by atoms with Crippen LogP contribution in [0.2, 0.25) is 0 Å². The molecule has 2 N–H and O–H groups in total. The van der Waals surface area contributed by atoms with Gasteiger partial charge in [0.15, 0.2) is 0 Å². The molecule has 1 atom stereocenters. The van der Waals surface area contributed by atoms with Crippen LogP contribution in [0.4, 0.5) is 4.79 Å². The molecular formula is C16H30N2O3. The van der Waals surface area contributed by atoms with Gasteiger partial charge in [-0.2, -0.15) is 0 Å². The Bertz CT molecular complexity index is 329. The van der Waals surface area contributed by atoms with E-state index in [1.807, 2.05) is 11.8 Å². The molecule has 1 aliphatic heterocycles. The highest BCUT2D eigenvalue weighted by Crippen LogP contribution is 2.40. The zero-order chi connectivity index (χ0) is 15.1. The van der Waals surface area contributed by atoms with Crippen LogP contribution in [-0.2, 0) is 4.74 Å². The van der Waals surface area contributed by atoms with Crippen molar-refractivity contribution >= 4 is 6.03 Å². The van der Waals surface area contributed by atoms with Crippen molar-refractivity contribution in [1.29, 1.82) is 0 Å². The van der Waals surface area contributed by atoms with Gasteiger partial charge in [-0.3, -0.25) is 0 Å². The van der Waals surface area contributed by atoms with Crippen LogP contribution in [0.3, 0.4) is 0 Å². The third-order valence-electron chi connectivity index (χ3n) is 5.09. The van der Waals surface area contributed by atoms with Crippen LogP contribution in [0.1, 0.15) is 45.4 Å². The first-order valence-corrected chi connectivity index (χ1v) is 8.40. The highest BCUT2D eigenvalue weighted by Gasteiger charge is 2.35. The lowest BCUT2D eigenvalue weighted by atomic mass is 9.83. The molecule has 5 heteroatoms. The standard InChI is InChI=1S/C16H30N2O3/c1-2-21-10-8-16(6-3-4-7-16)13-17-15(20)18-9-5-14(11-18)12-19/h14,19H,2-13H2,1H3,(H,17,20). The number of urea groups is 1. The molecule has 0 aromatic heterocycles. The van der Waals surface area contributed by atoms with Crippen molar-refractivity contribution in [3.63, 3.8) is 0 Å². The van der Waals surface area contributed by atoms with Crippen molar-refractivity contribution in [3.8, 4) is 0 Å². The number of ether oxygens (including phenoxy) is 1. The number of hydrogen-bond donors (Lipinski definition) is 2. The number of rotatable bonds is 7. The van der Waals surface area contributed by atoms with Crippen LogP contribution in [-0.4, -0.2) is 55.5 Å². The fourth-order valence-electron chi connectivity index (χ4n) is 3.61. The van der Waals surface area contributed by atoms with Crippen LogP contribution in [0.25, 0.3) is 0 Å². The van der Waals surface area contributed by atoms with E-state index in [9.17, 15) is 4.79 Å². The lowest BCUT2D eigenvalue weighted by molar-refractivity contribution is 0.102. The summed E-state index contributed by atoms with van der Waals surface area (Å²) in [6, 6.07) is 0.0358. The number of carbonyl (C=O) groups is 1. The molecule has 2 fully saturated rings. The van der Waals surface area contributed by atoms with E-state index in [0.717, 1.165) is 39.1 Å². The van der Waals surface area contributed by atoms with Gasteiger partial charge in [-0.05, 0) is 38.0 Å². The van der Waals surface area contributed by atoms with Gasteiger partial charge in [-0.1, -0.05) is 12.8 Å². The first-order chi connectivity index (χ1) is 10.2. The predicted octanol–water partition coefficient (Wildman–Crippen LogP) is 2.00. The summed E-state index contributed by atoms with van der Waals surface area (Å²) in [5.74, 6) is 0.258. The molecule has 1 aliphatic carbocycles. The fourth-order valence-corrected chi connectivity index (χ4v) is 3.61. The first kappa shape index (κ1) is 16.6. The molecule has 1 saturated carbocycles. The van der Waals surface area contributed by atoms with E-state index in [0.29, 0.717) is 6.54 Å². The fraction of sp³-hybridized carbons (Fsp3) is 0.938. The van der Waals surface area contributed by atoms with E-state index in [1.165, 1.54) is 25.7 Å². The SMILES string of the molecule is CCOCCC1(CNC(=O)N2CCC(CO)C2)CCCC1. The average molecular weight is 298 g/mol. The molecule has 2 aliphatic rings. The van der Waals surface area contributed by atoms with Crippen molar-refractivity contribution in [1.82, 2.24) is 10.2 Å². The van der Waals surface area contributed by atoms with Gasteiger partial charge in [-0.15, -0.1) is 0 Å². The molecule has 0 aromatic carbocycles. The van der Waals surface area contributed by atoms with Gasteiger partial charge in [0, 0.05) is 45.4 Å². The van der Waals surface area contributed by atoms with E-state index in [1.54, 1.807) is 0 Å². The Hall–Kier alpha value is -0.810. The second kappa shape index (κ2) is 7.99. The highest BCUT2D eigenvalue weighted by molar-refractivity contribution is 5.74. The number of hydrogen-bond acceptors (Lipinski definition) is 3. The molecule has 1 heterocycles. The lowest BCUT2D eigenvalue weighted by Gasteiger charge is -2.30. The molecule has 0 spiro atoms. The monoisotopic (exact) mass is 298 g/mol. The summed E-state index contributed by atoms with van der Waals surface area (Å²) in [7, 11) is 0. The van der Waals surface area contributed by atoms with E-state index < -0.39 is 0 Å². The van der Waals surface area contributed by atoms with E-state index in [-0.39, 0.29) is 24.0 Å². The summed E-state index contributed by atoms with van der Waals surface area (Å²) in [5.41, 5.74) is 0.237. The highest BCUT2D eigenvalue weighted by atomic mass is 16.5. The summed E-state index contributed by atoms with van der Waals surface area (Å²) in [6.07, 6.45) is 6.87. The second-order valence-electron chi connectivity index (χ2n) is 6.60. The van der Waals surface area contributed by atoms with Crippen molar-refractivity contribution in [3.05, 3.63) is 0 Å². The van der Waals surface area contributed by atoms with Gasteiger partial charge < -0.3 is 20.1 Å². The number of carbonyl (C=O) groups excluding carboxylic acids is 1. The smallest absolute Gasteiger partial charge is 0.317 e. The molecule has 5 nitrogen and oxygen atoms in total. The average Bonchev–Trinajstić information content (AvgIpc) is 3.15. The molecule has 0 radical (unpaired) electrons. The van der Waals surface area contributed by atoms with Gasteiger partial charge in [0.05, 0.1) is 0 Å². The molecule has 2 amide bonds. The van der Waals surface area contributed by atoms with E-state index >= 15 is 0 Å². The summed E-state index contributed by atoms with van der Waals surface area (Å²) >= 11 is 0. The quantitative estimate of drug-likeness (QED) is 0.707.